The lowest BCUT2D eigenvalue weighted by Gasteiger charge is -2.20. The lowest BCUT2D eigenvalue weighted by atomic mass is 9.99. The van der Waals surface area contributed by atoms with E-state index in [1.165, 1.54) is 10.4 Å². The Balaban J connectivity index is 2.39. The molecule has 1 atom stereocenters. The molecule has 1 aromatic carbocycles. The molecular weight excluding hydrogens is 297 g/mol. The molecule has 0 aliphatic rings. The topological polar surface area (TPSA) is 12.0 Å². The van der Waals surface area contributed by atoms with Crippen molar-refractivity contribution in [1.82, 2.24) is 5.32 Å². The second-order valence-corrected chi connectivity index (χ2v) is 6.52. The lowest BCUT2D eigenvalue weighted by molar-refractivity contribution is 0.598. The van der Waals surface area contributed by atoms with Gasteiger partial charge < -0.3 is 5.32 Å². The fourth-order valence-corrected chi connectivity index (χ4v) is 3.42. The Hall–Kier alpha value is -0.540. The van der Waals surface area contributed by atoms with Crippen LogP contribution < -0.4 is 5.32 Å². The van der Waals surface area contributed by atoms with Gasteiger partial charge in [-0.2, -0.15) is 0 Å². The van der Waals surface area contributed by atoms with Gasteiger partial charge in [-0.1, -0.05) is 30.1 Å². The van der Waals surface area contributed by atoms with Gasteiger partial charge in [-0.05, 0) is 60.7 Å². The number of thiophene rings is 1. The predicted molar refractivity (Wildman–Crippen MR) is 85.7 cm³/mol. The highest BCUT2D eigenvalue weighted by Crippen LogP contribution is 2.31. The fourth-order valence-electron chi connectivity index (χ4n) is 2.13. The maximum atomic E-state index is 6.12. The smallest absolute Gasteiger partial charge is 0.0588 e. The van der Waals surface area contributed by atoms with Crippen molar-refractivity contribution >= 4 is 34.5 Å². The zero-order valence-corrected chi connectivity index (χ0v) is 13.4. The molecule has 19 heavy (non-hydrogen) atoms. The summed E-state index contributed by atoms with van der Waals surface area (Å²) in [5, 5.41) is 7.05. The van der Waals surface area contributed by atoms with Gasteiger partial charge in [0, 0.05) is 14.9 Å². The van der Waals surface area contributed by atoms with Crippen LogP contribution >= 0.6 is 34.5 Å². The van der Waals surface area contributed by atoms with Crippen molar-refractivity contribution in [3.05, 3.63) is 55.7 Å². The van der Waals surface area contributed by atoms with Crippen LogP contribution in [-0.2, 0) is 0 Å². The molecule has 1 aromatic heterocycles. The van der Waals surface area contributed by atoms with E-state index < -0.39 is 0 Å². The third-order valence-electron chi connectivity index (χ3n) is 3.03. The number of hydrogen-bond donors (Lipinski definition) is 1. The summed E-state index contributed by atoms with van der Waals surface area (Å²) in [5.74, 6) is 0. The van der Waals surface area contributed by atoms with Gasteiger partial charge >= 0.3 is 0 Å². The molecule has 0 bridgehead atoms. The van der Waals surface area contributed by atoms with E-state index >= 15 is 0 Å². The van der Waals surface area contributed by atoms with Crippen molar-refractivity contribution in [3.8, 4) is 0 Å². The van der Waals surface area contributed by atoms with E-state index in [-0.39, 0.29) is 6.04 Å². The standard InChI is InChI=1S/C15H17Cl2NS/c1-3-5-18-15(14-4-6-19-10(14)2)11-7-12(16)9-13(17)8-11/h4,6-9,15,18H,3,5H2,1-2H3. The minimum atomic E-state index is 0.155. The Bertz CT molecular complexity index is 531. The van der Waals surface area contributed by atoms with E-state index in [0.717, 1.165) is 18.5 Å². The van der Waals surface area contributed by atoms with Crippen LogP contribution in [0, 0.1) is 6.92 Å². The number of rotatable bonds is 5. The van der Waals surface area contributed by atoms with Crippen LogP contribution in [-0.4, -0.2) is 6.54 Å². The number of benzene rings is 1. The Morgan fingerprint density at radius 3 is 2.42 bits per heavy atom. The normalized spacial score (nSPS) is 12.6. The number of nitrogens with one attached hydrogen (secondary N) is 1. The molecule has 1 heterocycles. The first-order chi connectivity index (χ1) is 9.11. The van der Waals surface area contributed by atoms with Crippen LogP contribution in [0.15, 0.2) is 29.6 Å². The molecular formula is C15H17Cl2NS. The van der Waals surface area contributed by atoms with Crippen molar-refractivity contribution in [2.24, 2.45) is 0 Å². The summed E-state index contributed by atoms with van der Waals surface area (Å²) in [6, 6.07) is 8.06. The second kappa shape index (κ2) is 6.76. The molecule has 0 radical (unpaired) electrons. The summed E-state index contributed by atoms with van der Waals surface area (Å²) < 4.78 is 0. The van der Waals surface area contributed by atoms with Crippen LogP contribution in [0.2, 0.25) is 10.0 Å². The zero-order valence-electron chi connectivity index (χ0n) is 11.0. The highest BCUT2D eigenvalue weighted by atomic mass is 35.5. The molecule has 2 aromatic rings. The average molecular weight is 314 g/mol. The minimum Gasteiger partial charge on any atom is -0.306 e. The minimum absolute atomic E-state index is 0.155. The van der Waals surface area contributed by atoms with Gasteiger partial charge in [0.15, 0.2) is 0 Å². The summed E-state index contributed by atoms with van der Waals surface area (Å²) in [6.45, 7) is 5.27. The average Bonchev–Trinajstić information content (AvgIpc) is 2.75. The summed E-state index contributed by atoms with van der Waals surface area (Å²) in [7, 11) is 0. The molecule has 0 saturated heterocycles. The third kappa shape index (κ3) is 3.73. The molecule has 0 aliphatic heterocycles. The van der Waals surface area contributed by atoms with Crippen molar-refractivity contribution < 1.29 is 0 Å². The Morgan fingerprint density at radius 2 is 1.89 bits per heavy atom. The predicted octanol–water partition coefficient (Wildman–Crippen LogP) is 5.45. The van der Waals surface area contributed by atoms with E-state index in [1.807, 2.05) is 12.1 Å². The zero-order chi connectivity index (χ0) is 13.8. The van der Waals surface area contributed by atoms with Crippen molar-refractivity contribution in [2.75, 3.05) is 6.54 Å². The van der Waals surface area contributed by atoms with Gasteiger partial charge in [0.1, 0.15) is 0 Å². The lowest BCUT2D eigenvalue weighted by Crippen LogP contribution is -2.23. The Labute approximate surface area is 128 Å². The highest BCUT2D eigenvalue weighted by Gasteiger charge is 2.17. The first-order valence-electron chi connectivity index (χ1n) is 6.35. The molecule has 0 aliphatic carbocycles. The molecule has 1 N–H and O–H groups in total. The van der Waals surface area contributed by atoms with Crippen molar-refractivity contribution in [3.63, 3.8) is 0 Å². The van der Waals surface area contributed by atoms with Gasteiger partial charge in [0.25, 0.3) is 0 Å². The molecule has 1 nitrogen and oxygen atoms in total. The Morgan fingerprint density at radius 1 is 1.21 bits per heavy atom. The van der Waals surface area contributed by atoms with E-state index in [0.29, 0.717) is 10.0 Å². The molecule has 1 unspecified atom stereocenters. The number of hydrogen-bond acceptors (Lipinski definition) is 2. The molecule has 0 amide bonds. The second-order valence-electron chi connectivity index (χ2n) is 4.52. The molecule has 0 fully saturated rings. The summed E-state index contributed by atoms with van der Waals surface area (Å²) in [6.07, 6.45) is 1.09. The quantitative estimate of drug-likeness (QED) is 0.773. The number of aryl methyl sites for hydroxylation is 1. The first-order valence-corrected chi connectivity index (χ1v) is 7.98. The van der Waals surface area contributed by atoms with Crippen LogP contribution in [0.5, 0.6) is 0 Å². The molecule has 0 spiro atoms. The van der Waals surface area contributed by atoms with Gasteiger partial charge in [-0.25, -0.2) is 0 Å². The van der Waals surface area contributed by atoms with Crippen LogP contribution in [0.3, 0.4) is 0 Å². The van der Waals surface area contributed by atoms with Crippen LogP contribution in [0.4, 0.5) is 0 Å². The molecule has 0 saturated carbocycles. The maximum absolute atomic E-state index is 6.12. The van der Waals surface area contributed by atoms with E-state index in [2.05, 4.69) is 30.6 Å². The van der Waals surface area contributed by atoms with Gasteiger partial charge in [-0.3, -0.25) is 0 Å². The first kappa shape index (κ1) is 14.9. The Kier molecular flexibility index (Phi) is 5.28. The van der Waals surface area contributed by atoms with E-state index in [4.69, 9.17) is 23.2 Å². The van der Waals surface area contributed by atoms with Gasteiger partial charge in [0.05, 0.1) is 6.04 Å². The fraction of sp³-hybridized carbons (Fsp3) is 0.333. The number of halogens is 2. The SMILES string of the molecule is CCCNC(c1cc(Cl)cc(Cl)c1)c1ccsc1C. The largest absolute Gasteiger partial charge is 0.306 e. The molecule has 102 valence electrons. The van der Waals surface area contributed by atoms with E-state index in [1.54, 1.807) is 17.4 Å². The van der Waals surface area contributed by atoms with Gasteiger partial charge in [-0.15, -0.1) is 11.3 Å². The maximum Gasteiger partial charge on any atom is 0.0588 e. The van der Waals surface area contributed by atoms with Gasteiger partial charge in [0.2, 0.25) is 0 Å². The monoisotopic (exact) mass is 313 g/mol. The van der Waals surface area contributed by atoms with E-state index in [9.17, 15) is 0 Å². The summed E-state index contributed by atoms with van der Waals surface area (Å²) in [5.41, 5.74) is 2.42. The van der Waals surface area contributed by atoms with Crippen molar-refractivity contribution in [2.45, 2.75) is 26.3 Å². The van der Waals surface area contributed by atoms with Crippen LogP contribution in [0.25, 0.3) is 0 Å². The van der Waals surface area contributed by atoms with Crippen molar-refractivity contribution in [1.29, 1.82) is 0 Å². The highest BCUT2D eigenvalue weighted by molar-refractivity contribution is 7.10. The van der Waals surface area contributed by atoms with Crippen LogP contribution in [0.1, 0.15) is 35.4 Å². The molecule has 4 heteroatoms. The summed E-state index contributed by atoms with van der Waals surface area (Å²) in [4.78, 5) is 1.32. The summed E-state index contributed by atoms with van der Waals surface area (Å²) >= 11 is 14.0. The molecule has 2 rings (SSSR count). The third-order valence-corrected chi connectivity index (χ3v) is 4.32.